The molecule has 1 atom stereocenters. The van der Waals surface area contributed by atoms with Crippen molar-refractivity contribution in [1.29, 1.82) is 0 Å². The number of fused-ring (bicyclic) bond motifs is 2. The number of hydrogen-bond acceptors (Lipinski definition) is 4. The maximum absolute atomic E-state index is 13.9. The van der Waals surface area contributed by atoms with E-state index in [4.69, 9.17) is 4.74 Å². The van der Waals surface area contributed by atoms with Crippen LogP contribution in [0.4, 0.5) is 20.6 Å². The Bertz CT molecular complexity index is 1220. The average molecular weight is 464 g/mol. The molecule has 8 heteroatoms. The number of amides is 3. The third-order valence-electron chi connectivity index (χ3n) is 5.92. The monoisotopic (exact) mass is 463 g/mol. The highest BCUT2D eigenvalue weighted by atomic mass is 32.2. The highest BCUT2D eigenvalue weighted by Gasteiger charge is 2.59. The fourth-order valence-electron chi connectivity index (χ4n) is 4.39. The lowest BCUT2D eigenvalue weighted by molar-refractivity contribution is -0.123. The third-order valence-corrected chi connectivity index (χ3v) is 7.34. The first kappa shape index (κ1) is 21.3. The minimum absolute atomic E-state index is 0.170. The Morgan fingerprint density at radius 3 is 2.70 bits per heavy atom. The van der Waals surface area contributed by atoms with Crippen LogP contribution < -0.4 is 15.0 Å². The van der Waals surface area contributed by atoms with Crippen LogP contribution in [-0.2, 0) is 16.2 Å². The predicted octanol–water partition coefficient (Wildman–Crippen LogP) is 4.81. The Morgan fingerprint density at radius 2 is 1.91 bits per heavy atom. The van der Waals surface area contributed by atoms with Gasteiger partial charge in [0.2, 0.25) is 0 Å². The number of nitrogens with one attached hydrogen (secondary N) is 1. The van der Waals surface area contributed by atoms with Gasteiger partial charge in [-0.2, -0.15) is 0 Å². The van der Waals surface area contributed by atoms with E-state index in [2.05, 4.69) is 5.32 Å². The topological polar surface area (TPSA) is 61.9 Å². The van der Waals surface area contributed by atoms with Crippen molar-refractivity contribution in [3.8, 4) is 5.75 Å². The molecule has 33 heavy (non-hydrogen) atoms. The largest absolute Gasteiger partial charge is 0.497 e. The Labute approximate surface area is 195 Å². The third kappa shape index (κ3) is 3.60. The number of halogens is 1. The first-order chi connectivity index (χ1) is 16.0. The molecular weight excluding hydrogens is 441 g/mol. The van der Waals surface area contributed by atoms with Gasteiger partial charge < -0.3 is 15.0 Å². The van der Waals surface area contributed by atoms with Crippen molar-refractivity contribution in [2.45, 2.75) is 11.4 Å². The summed E-state index contributed by atoms with van der Waals surface area (Å²) in [5.41, 5.74) is 2.96. The Kier molecular flexibility index (Phi) is 5.46. The van der Waals surface area contributed by atoms with Crippen molar-refractivity contribution in [1.82, 2.24) is 4.90 Å². The summed E-state index contributed by atoms with van der Waals surface area (Å²) in [4.78, 5) is 29.5. The highest BCUT2D eigenvalue weighted by Crippen LogP contribution is 2.54. The Morgan fingerprint density at radius 1 is 1.12 bits per heavy atom. The van der Waals surface area contributed by atoms with E-state index in [1.165, 1.54) is 23.9 Å². The summed E-state index contributed by atoms with van der Waals surface area (Å²) in [7, 11) is 1.57. The molecule has 1 saturated heterocycles. The second-order valence-electron chi connectivity index (χ2n) is 7.84. The predicted molar refractivity (Wildman–Crippen MR) is 127 cm³/mol. The summed E-state index contributed by atoms with van der Waals surface area (Å²) in [6, 6.07) is 20.4. The van der Waals surface area contributed by atoms with Gasteiger partial charge in [-0.1, -0.05) is 36.4 Å². The van der Waals surface area contributed by atoms with Crippen molar-refractivity contribution >= 4 is 35.1 Å². The van der Waals surface area contributed by atoms with Crippen LogP contribution in [0.25, 0.3) is 0 Å². The van der Waals surface area contributed by atoms with Crippen LogP contribution in [0.1, 0.15) is 11.1 Å². The van der Waals surface area contributed by atoms with Gasteiger partial charge in [-0.3, -0.25) is 9.69 Å². The van der Waals surface area contributed by atoms with Crippen LogP contribution in [0, 0.1) is 5.82 Å². The molecule has 0 radical (unpaired) electrons. The number of urea groups is 1. The smallest absolute Gasteiger partial charge is 0.323 e. The number of rotatable bonds is 4. The van der Waals surface area contributed by atoms with Gasteiger partial charge >= 0.3 is 6.03 Å². The molecule has 3 aromatic rings. The number of para-hydroxylation sites is 1. The van der Waals surface area contributed by atoms with Gasteiger partial charge in [0.25, 0.3) is 5.91 Å². The van der Waals surface area contributed by atoms with E-state index >= 15 is 0 Å². The number of ether oxygens (including phenoxy) is 1. The summed E-state index contributed by atoms with van der Waals surface area (Å²) in [5, 5.41) is 2.91. The molecular formula is C25H22FN3O3S. The Hall–Kier alpha value is -3.52. The molecule has 0 aliphatic carbocycles. The molecule has 6 nitrogen and oxygen atoms in total. The van der Waals surface area contributed by atoms with E-state index in [0.29, 0.717) is 30.3 Å². The van der Waals surface area contributed by atoms with Crippen molar-refractivity contribution in [3.05, 3.63) is 89.7 Å². The fraction of sp³-hybridized carbons (Fsp3) is 0.200. The zero-order valence-electron chi connectivity index (χ0n) is 18.0. The van der Waals surface area contributed by atoms with E-state index in [-0.39, 0.29) is 17.8 Å². The van der Waals surface area contributed by atoms with E-state index in [1.54, 1.807) is 53.3 Å². The van der Waals surface area contributed by atoms with Crippen LogP contribution in [-0.4, -0.2) is 36.2 Å². The van der Waals surface area contributed by atoms with Crippen LogP contribution in [0.2, 0.25) is 0 Å². The van der Waals surface area contributed by atoms with Gasteiger partial charge in [0.15, 0.2) is 4.87 Å². The molecule has 5 rings (SSSR count). The number of carbonyl (C=O) groups is 2. The molecule has 3 aromatic carbocycles. The van der Waals surface area contributed by atoms with E-state index < -0.39 is 4.87 Å². The number of nitrogens with zero attached hydrogens (tertiary/aromatic N) is 2. The Balaban J connectivity index is 1.48. The molecule has 3 amide bonds. The summed E-state index contributed by atoms with van der Waals surface area (Å²) in [5.74, 6) is 0.771. The minimum atomic E-state index is -1.14. The van der Waals surface area contributed by atoms with Gasteiger partial charge in [-0.05, 0) is 35.9 Å². The lowest BCUT2D eigenvalue weighted by Gasteiger charge is -2.33. The maximum Gasteiger partial charge on any atom is 0.323 e. The number of methoxy groups -OCH3 is 1. The zero-order valence-corrected chi connectivity index (χ0v) is 18.8. The first-order valence-electron chi connectivity index (χ1n) is 10.6. The van der Waals surface area contributed by atoms with Gasteiger partial charge in [-0.15, -0.1) is 11.8 Å². The molecule has 1 spiro atoms. The lowest BCUT2D eigenvalue weighted by Crippen LogP contribution is -2.51. The fourth-order valence-corrected chi connectivity index (χ4v) is 5.85. The minimum Gasteiger partial charge on any atom is -0.497 e. The molecule has 0 aromatic heterocycles. The number of benzene rings is 3. The summed E-state index contributed by atoms with van der Waals surface area (Å²) < 4.78 is 18.6. The molecule has 168 valence electrons. The van der Waals surface area contributed by atoms with Crippen LogP contribution in [0.3, 0.4) is 0 Å². The number of hydrogen-bond donors (Lipinski definition) is 1. The van der Waals surface area contributed by atoms with Crippen LogP contribution in [0.5, 0.6) is 5.75 Å². The number of anilines is 2. The first-order valence-corrected chi connectivity index (χ1v) is 11.5. The van der Waals surface area contributed by atoms with Crippen molar-refractivity contribution in [2.75, 3.05) is 29.6 Å². The lowest BCUT2D eigenvalue weighted by atomic mass is 10.1. The van der Waals surface area contributed by atoms with Crippen molar-refractivity contribution < 1.29 is 18.7 Å². The quantitative estimate of drug-likeness (QED) is 0.603. The molecule has 0 saturated carbocycles. The molecule has 0 bridgehead atoms. The van der Waals surface area contributed by atoms with Crippen molar-refractivity contribution in [3.63, 3.8) is 0 Å². The van der Waals surface area contributed by atoms with Crippen LogP contribution in [0.15, 0.2) is 72.8 Å². The highest BCUT2D eigenvalue weighted by molar-refractivity contribution is 8.01. The SMILES string of the molecule is COc1cccc(NC(=O)N2CCS[C@]23C(=O)N(Cc2ccc(F)cc2)c2ccccc23)c1. The maximum atomic E-state index is 13.9. The van der Waals surface area contributed by atoms with Gasteiger partial charge in [0.05, 0.1) is 19.3 Å². The van der Waals surface area contributed by atoms with E-state index in [1.807, 2.05) is 24.3 Å². The standard InChI is InChI=1S/C25H22FN3O3S/c1-32-20-6-4-5-19(15-20)27-24(31)29-13-14-33-25(29)21-7-2-3-8-22(21)28(23(25)30)16-17-9-11-18(26)12-10-17/h2-12,15H,13-14,16H2,1H3,(H,27,31)/t25-/m1/s1. The summed E-state index contributed by atoms with van der Waals surface area (Å²) in [6.45, 7) is 0.731. The van der Waals surface area contributed by atoms with E-state index in [0.717, 1.165) is 16.8 Å². The second kappa shape index (κ2) is 8.44. The molecule has 2 aliphatic rings. The number of carbonyl (C=O) groups excluding carboxylic acids is 2. The molecule has 2 aliphatic heterocycles. The summed E-state index contributed by atoms with van der Waals surface area (Å²) in [6.07, 6.45) is 0. The van der Waals surface area contributed by atoms with Gasteiger partial charge in [-0.25, -0.2) is 9.18 Å². The average Bonchev–Trinajstić information content (AvgIpc) is 3.38. The summed E-state index contributed by atoms with van der Waals surface area (Å²) >= 11 is 1.46. The normalized spacial score (nSPS) is 19.2. The molecule has 0 unspecified atom stereocenters. The van der Waals surface area contributed by atoms with Gasteiger partial charge in [0, 0.05) is 29.6 Å². The van der Waals surface area contributed by atoms with E-state index in [9.17, 15) is 14.0 Å². The number of thioether (sulfide) groups is 1. The zero-order chi connectivity index (χ0) is 23.0. The molecule has 1 fully saturated rings. The van der Waals surface area contributed by atoms with Gasteiger partial charge in [0.1, 0.15) is 11.6 Å². The molecule has 1 N–H and O–H groups in total. The second-order valence-corrected chi connectivity index (χ2v) is 9.13. The molecule has 2 heterocycles. The van der Waals surface area contributed by atoms with Crippen LogP contribution >= 0.6 is 11.8 Å². The van der Waals surface area contributed by atoms with Crippen molar-refractivity contribution in [2.24, 2.45) is 0 Å².